The van der Waals surface area contributed by atoms with E-state index in [1.165, 1.54) is 62.2 Å². The molecule has 2 aromatic rings. The van der Waals surface area contributed by atoms with Crippen molar-refractivity contribution in [1.29, 1.82) is 0 Å². The van der Waals surface area contributed by atoms with Crippen LogP contribution >= 0.6 is 0 Å². The smallest absolute Gasteiger partial charge is 0.251 e. The number of quaternary nitrogens is 1. The van der Waals surface area contributed by atoms with Gasteiger partial charge in [-0.2, -0.15) is 0 Å². The minimum absolute atomic E-state index is 0.0857. The molecule has 1 aliphatic heterocycles. The zero-order chi connectivity index (χ0) is 22.2. The number of carbonyl (C=O) groups excluding carboxylic acids is 2. The van der Waals surface area contributed by atoms with Crippen LogP contribution in [-0.2, 0) is 17.9 Å². The summed E-state index contributed by atoms with van der Waals surface area (Å²) >= 11 is 0. The van der Waals surface area contributed by atoms with Gasteiger partial charge in [-0.25, -0.2) is 4.39 Å². The van der Waals surface area contributed by atoms with Crippen molar-refractivity contribution in [2.75, 3.05) is 13.1 Å². The molecule has 2 aromatic carbocycles. The highest BCUT2D eigenvalue weighted by molar-refractivity contribution is 5.97. The summed E-state index contributed by atoms with van der Waals surface area (Å²) < 4.78 is 13.1. The van der Waals surface area contributed by atoms with Crippen LogP contribution in [0.2, 0.25) is 0 Å². The average Bonchev–Trinajstić information content (AvgIpc) is 2.77. The van der Waals surface area contributed by atoms with E-state index < -0.39 is 11.9 Å². The molecule has 0 saturated carbocycles. The molecule has 1 fully saturated rings. The van der Waals surface area contributed by atoms with Gasteiger partial charge in [0.1, 0.15) is 18.4 Å². The molecule has 5 nitrogen and oxygen atoms in total. The van der Waals surface area contributed by atoms with Crippen LogP contribution < -0.4 is 15.5 Å². The molecule has 166 valence electrons. The Kier molecular flexibility index (Phi) is 8.18. The topological polar surface area (TPSA) is 62.6 Å². The highest BCUT2D eigenvalue weighted by Crippen LogP contribution is 2.10. The van der Waals surface area contributed by atoms with E-state index >= 15 is 0 Å². The average molecular weight is 427 g/mol. The standard InChI is InChI=1S/C25H32FN3O2/c1-18(2)23(28-24(30)19-10-12-22(26)13-11-19)25(31)27-16-20-8-4-5-9-21(20)17-29-14-6-3-7-15-29/h4-5,8-13,18,23H,3,6-7,14-17H2,1-2H3,(H,27,31)(H,28,30)/p+1/t23-/m0/s1. The maximum absolute atomic E-state index is 13.1. The molecule has 6 heteroatoms. The van der Waals surface area contributed by atoms with Crippen LogP contribution in [0.5, 0.6) is 0 Å². The molecule has 1 saturated heterocycles. The van der Waals surface area contributed by atoms with Crippen LogP contribution in [0.25, 0.3) is 0 Å². The molecule has 0 radical (unpaired) electrons. The molecule has 0 bridgehead atoms. The van der Waals surface area contributed by atoms with Crippen LogP contribution in [0.4, 0.5) is 4.39 Å². The van der Waals surface area contributed by atoms with Crippen molar-refractivity contribution < 1.29 is 18.9 Å². The minimum Gasteiger partial charge on any atom is -0.350 e. The van der Waals surface area contributed by atoms with E-state index in [4.69, 9.17) is 0 Å². The Balaban J connectivity index is 1.61. The van der Waals surface area contributed by atoms with Crippen LogP contribution in [0, 0.1) is 11.7 Å². The summed E-state index contributed by atoms with van der Waals surface area (Å²) in [5.74, 6) is -1.09. The van der Waals surface area contributed by atoms with Gasteiger partial charge in [0.15, 0.2) is 0 Å². The summed E-state index contributed by atoms with van der Waals surface area (Å²) in [5.41, 5.74) is 2.70. The third-order valence-corrected chi connectivity index (χ3v) is 5.91. The summed E-state index contributed by atoms with van der Waals surface area (Å²) in [6.07, 6.45) is 3.87. The first-order chi connectivity index (χ1) is 14.9. The van der Waals surface area contributed by atoms with Crippen LogP contribution in [0.15, 0.2) is 48.5 Å². The first kappa shape index (κ1) is 22.9. The van der Waals surface area contributed by atoms with E-state index in [9.17, 15) is 14.0 Å². The van der Waals surface area contributed by atoms with Crippen LogP contribution in [-0.4, -0.2) is 30.9 Å². The molecule has 0 unspecified atom stereocenters. The monoisotopic (exact) mass is 426 g/mol. The molecule has 31 heavy (non-hydrogen) atoms. The van der Waals surface area contributed by atoms with Gasteiger partial charge < -0.3 is 15.5 Å². The number of nitrogens with one attached hydrogen (secondary N) is 3. The summed E-state index contributed by atoms with van der Waals surface area (Å²) in [6.45, 7) is 7.58. The second kappa shape index (κ2) is 11.0. The molecular weight excluding hydrogens is 393 g/mol. The number of hydrogen-bond donors (Lipinski definition) is 3. The molecule has 1 aliphatic rings. The number of piperidine rings is 1. The normalized spacial score (nSPS) is 15.5. The number of rotatable bonds is 8. The van der Waals surface area contributed by atoms with Crippen molar-refractivity contribution in [3.05, 3.63) is 71.0 Å². The SMILES string of the molecule is CC(C)[C@H](NC(=O)c1ccc(F)cc1)C(=O)NCc1ccccc1C[NH+]1CCCCC1. The number of carbonyl (C=O) groups is 2. The van der Waals surface area contributed by atoms with E-state index in [-0.39, 0.29) is 17.7 Å². The van der Waals surface area contributed by atoms with Gasteiger partial charge in [0, 0.05) is 17.7 Å². The fourth-order valence-electron chi connectivity index (χ4n) is 4.05. The molecule has 0 aromatic heterocycles. The predicted octanol–water partition coefficient (Wildman–Crippen LogP) is 2.47. The van der Waals surface area contributed by atoms with Crippen molar-refractivity contribution in [1.82, 2.24) is 10.6 Å². The summed E-state index contributed by atoms with van der Waals surface area (Å²) in [7, 11) is 0. The summed E-state index contributed by atoms with van der Waals surface area (Å²) in [4.78, 5) is 27.0. The lowest BCUT2D eigenvalue weighted by molar-refractivity contribution is -0.918. The van der Waals surface area contributed by atoms with E-state index in [0.29, 0.717) is 12.1 Å². The first-order valence-electron chi connectivity index (χ1n) is 11.2. The number of hydrogen-bond acceptors (Lipinski definition) is 2. The minimum atomic E-state index is -0.669. The maximum Gasteiger partial charge on any atom is 0.251 e. The van der Waals surface area contributed by atoms with Gasteiger partial charge in [-0.15, -0.1) is 0 Å². The molecule has 2 amide bonds. The Morgan fingerprint density at radius 3 is 2.26 bits per heavy atom. The third-order valence-electron chi connectivity index (χ3n) is 5.91. The largest absolute Gasteiger partial charge is 0.350 e. The van der Waals surface area contributed by atoms with E-state index in [0.717, 1.165) is 12.1 Å². The lowest BCUT2D eigenvalue weighted by atomic mass is 10.0. The van der Waals surface area contributed by atoms with Crippen molar-refractivity contribution in [2.24, 2.45) is 5.92 Å². The highest BCUT2D eigenvalue weighted by Gasteiger charge is 2.25. The fraction of sp³-hybridized carbons (Fsp3) is 0.440. The van der Waals surface area contributed by atoms with Gasteiger partial charge in [0.25, 0.3) is 5.91 Å². The second-order valence-electron chi connectivity index (χ2n) is 8.68. The fourth-order valence-corrected chi connectivity index (χ4v) is 4.05. The zero-order valence-electron chi connectivity index (χ0n) is 18.4. The molecule has 3 N–H and O–H groups in total. The first-order valence-corrected chi connectivity index (χ1v) is 11.2. The van der Waals surface area contributed by atoms with Crippen molar-refractivity contribution in [3.8, 4) is 0 Å². The Hall–Kier alpha value is -2.73. The van der Waals surface area contributed by atoms with Crippen LogP contribution in [0.3, 0.4) is 0 Å². The summed E-state index contributed by atoms with van der Waals surface area (Å²) in [6, 6.07) is 12.9. The van der Waals surface area contributed by atoms with Crippen LogP contribution in [0.1, 0.15) is 54.6 Å². The molecule has 0 aliphatic carbocycles. The van der Waals surface area contributed by atoms with Gasteiger partial charge in [-0.1, -0.05) is 38.1 Å². The molecule has 3 rings (SSSR count). The Morgan fingerprint density at radius 1 is 0.968 bits per heavy atom. The van der Waals surface area contributed by atoms with Gasteiger partial charge in [-0.05, 0) is 55.0 Å². The van der Waals surface area contributed by atoms with Crippen molar-refractivity contribution >= 4 is 11.8 Å². The Bertz CT molecular complexity index is 877. The quantitative estimate of drug-likeness (QED) is 0.607. The van der Waals surface area contributed by atoms with Gasteiger partial charge in [0.2, 0.25) is 5.91 Å². The number of halogens is 1. The van der Waals surface area contributed by atoms with Gasteiger partial charge >= 0.3 is 0 Å². The molecule has 0 spiro atoms. The van der Waals surface area contributed by atoms with E-state index in [2.05, 4.69) is 22.8 Å². The lowest BCUT2D eigenvalue weighted by Gasteiger charge is -2.25. The molecular formula is C25H33FN3O2+. The van der Waals surface area contributed by atoms with Crippen molar-refractivity contribution in [3.63, 3.8) is 0 Å². The van der Waals surface area contributed by atoms with Crippen molar-refractivity contribution in [2.45, 2.75) is 52.2 Å². The highest BCUT2D eigenvalue weighted by atomic mass is 19.1. The lowest BCUT2D eigenvalue weighted by Crippen LogP contribution is -3.11. The van der Waals surface area contributed by atoms with Gasteiger partial charge in [-0.3, -0.25) is 9.59 Å². The molecule has 1 atom stereocenters. The summed E-state index contributed by atoms with van der Waals surface area (Å²) in [5, 5.41) is 5.79. The zero-order valence-corrected chi connectivity index (χ0v) is 18.4. The van der Waals surface area contributed by atoms with E-state index in [1.807, 2.05) is 26.0 Å². The Labute approximate surface area is 184 Å². The number of amides is 2. The number of benzene rings is 2. The predicted molar refractivity (Wildman–Crippen MR) is 119 cm³/mol. The number of likely N-dealkylation sites (tertiary alicyclic amines) is 1. The third kappa shape index (κ3) is 6.62. The Morgan fingerprint density at radius 2 is 1.61 bits per heavy atom. The second-order valence-corrected chi connectivity index (χ2v) is 8.68. The van der Waals surface area contributed by atoms with E-state index in [1.54, 1.807) is 4.90 Å². The maximum atomic E-state index is 13.1. The van der Waals surface area contributed by atoms with Gasteiger partial charge in [0.05, 0.1) is 13.1 Å². The molecule has 1 heterocycles.